The summed E-state index contributed by atoms with van der Waals surface area (Å²) >= 11 is 0. The summed E-state index contributed by atoms with van der Waals surface area (Å²) in [4.78, 5) is 12.6. The molecular weight excluding hydrogens is 340 g/mol. The van der Waals surface area contributed by atoms with Crippen molar-refractivity contribution in [1.82, 2.24) is 0 Å². The number of amides is 2. The molecule has 126 valence electrons. The van der Waals surface area contributed by atoms with Crippen LogP contribution in [0, 0.1) is 0 Å². The van der Waals surface area contributed by atoms with Crippen LogP contribution in [0.15, 0.2) is 65.6 Å². The zero-order chi connectivity index (χ0) is 17.6. The maximum Gasteiger partial charge on any atom is 0.340 e. The Balaban J connectivity index is 1.95. The summed E-state index contributed by atoms with van der Waals surface area (Å²) in [5.74, 6) is 0.466. The first-order chi connectivity index (χ1) is 12.0. The van der Waals surface area contributed by atoms with Crippen LogP contribution in [0.4, 0.5) is 16.2 Å². The van der Waals surface area contributed by atoms with Crippen LogP contribution in [0.1, 0.15) is 0 Å². The van der Waals surface area contributed by atoms with Gasteiger partial charge >= 0.3 is 6.03 Å². The van der Waals surface area contributed by atoms with Gasteiger partial charge in [0.25, 0.3) is 10.0 Å². The normalized spacial score (nSPS) is 15.6. The maximum atomic E-state index is 13.1. The van der Waals surface area contributed by atoms with E-state index in [2.05, 4.69) is 5.32 Å². The Bertz CT molecular complexity index is 1100. The summed E-state index contributed by atoms with van der Waals surface area (Å²) in [5, 5.41) is 4.16. The molecule has 0 spiro atoms. The van der Waals surface area contributed by atoms with Gasteiger partial charge in [0.1, 0.15) is 10.6 Å². The molecule has 0 saturated heterocycles. The van der Waals surface area contributed by atoms with E-state index in [1.807, 2.05) is 18.2 Å². The molecule has 0 atom stereocenters. The quantitative estimate of drug-likeness (QED) is 0.763. The third kappa shape index (κ3) is 2.32. The third-order valence-corrected chi connectivity index (χ3v) is 5.87. The molecule has 0 unspecified atom stereocenters. The number of hydrogen-bond acceptors (Lipinski definition) is 4. The molecule has 6 nitrogen and oxygen atoms in total. The summed E-state index contributed by atoms with van der Waals surface area (Å²) in [6.07, 6.45) is 0. The maximum absolute atomic E-state index is 13.1. The van der Waals surface area contributed by atoms with Gasteiger partial charge in [0.15, 0.2) is 0 Å². The highest BCUT2D eigenvalue weighted by Gasteiger charge is 2.38. The first-order valence-corrected chi connectivity index (χ1v) is 8.98. The molecule has 1 aliphatic rings. The van der Waals surface area contributed by atoms with Crippen molar-refractivity contribution in [2.24, 2.45) is 0 Å². The van der Waals surface area contributed by atoms with Crippen LogP contribution in [0.5, 0.6) is 5.75 Å². The largest absolute Gasteiger partial charge is 0.497 e. The first kappa shape index (κ1) is 15.5. The number of rotatable bonds is 2. The number of fused-ring (bicyclic) bond motifs is 2. The third-order valence-electron chi connectivity index (χ3n) is 4.12. The number of methoxy groups -OCH3 is 1. The molecule has 0 bridgehead atoms. The average Bonchev–Trinajstić information content (AvgIpc) is 2.61. The SMILES string of the molecule is COc1ccc2c(c1)NC(=O)N(c1cccc3ccccc13)S2(=O)=O. The molecule has 0 aliphatic carbocycles. The molecule has 2 amide bonds. The number of urea groups is 1. The van der Waals surface area contributed by atoms with Crippen molar-refractivity contribution in [3.05, 3.63) is 60.7 Å². The van der Waals surface area contributed by atoms with Crippen LogP contribution < -0.4 is 14.4 Å². The number of ether oxygens (including phenoxy) is 1. The fourth-order valence-corrected chi connectivity index (χ4v) is 4.46. The Hall–Kier alpha value is -3.06. The van der Waals surface area contributed by atoms with Crippen molar-refractivity contribution in [3.8, 4) is 5.75 Å². The van der Waals surface area contributed by atoms with Gasteiger partial charge in [-0.2, -0.15) is 4.31 Å². The summed E-state index contributed by atoms with van der Waals surface area (Å²) in [5.41, 5.74) is 0.526. The molecule has 1 heterocycles. The van der Waals surface area contributed by atoms with Crippen molar-refractivity contribution in [3.63, 3.8) is 0 Å². The highest BCUT2D eigenvalue weighted by Crippen LogP contribution is 2.38. The highest BCUT2D eigenvalue weighted by molar-refractivity contribution is 7.94. The van der Waals surface area contributed by atoms with Gasteiger partial charge in [-0.3, -0.25) is 0 Å². The first-order valence-electron chi connectivity index (χ1n) is 7.54. The van der Waals surface area contributed by atoms with E-state index in [1.165, 1.54) is 19.2 Å². The van der Waals surface area contributed by atoms with E-state index in [-0.39, 0.29) is 10.6 Å². The Morgan fingerprint density at radius 3 is 2.56 bits per heavy atom. The Labute approximate surface area is 144 Å². The predicted molar refractivity (Wildman–Crippen MR) is 95.6 cm³/mol. The van der Waals surface area contributed by atoms with Crippen molar-refractivity contribution >= 4 is 38.2 Å². The number of anilines is 2. The van der Waals surface area contributed by atoms with Crippen LogP contribution >= 0.6 is 0 Å². The molecule has 1 N–H and O–H groups in total. The summed E-state index contributed by atoms with van der Waals surface area (Å²) < 4.78 is 32.1. The smallest absolute Gasteiger partial charge is 0.340 e. The van der Waals surface area contributed by atoms with Gasteiger partial charge in [0.2, 0.25) is 0 Å². The van der Waals surface area contributed by atoms with Crippen LogP contribution in [0.25, 0.3) is 10.8 Å². The molecule has 7 heteroatoms. The molecule has 0 radical (unpaired) electrons. The van der Waals surface area contributed by atoms with E-state index in [0.29, 0.717) is 16.8 Å². The molecule has 0 fully saturated rings. The molecule has 0 saturated carbocycles. The number of carbonyl (C=O) groups excluding carboxylic acids is 1. The highest BCUT2D eigenvalue weighted by atomic mass is 32.2. The molecule has 4 rings (SSSR count). The molecular formula is C18H14N2O4S. The minimum absolute atomic E-state index is 0.0286. The second kappa shape index (κ2) is 5.49. The number of benzene rings is 3. The average molecular weight is 354 g/mol. The lowest BCUT2D eigenvalue weighted by Crippen LogP contribution is -2.44. The fourth-order valence-electron chi connectivity index (χ4n) is 2.96. The molecule has 0 aromatic heterocycles. The Morgan fingerprint density at radius 2 is 1.76 bits per heavy atom. The Kier molecular flexibility index (Phi) is 3.40. The standard InChI is InChI=1S/C18H14N2O4S/c1-24-13-9-10-17-15(11-13)19-18(21)20(25(17,22)23)16-8-4-6-12-5-2-3-7-14(12)16/h2-11H,1H3,(H,19,21). The fraction of sp³-hybridized carbons (Fsp3) is 0.0556. The van der Waals surface area contributed by atoms with Gasteiger partial charge in [0, 0.05) is 11.5 Å². The number of sulfonamides is 1. The van der Waals surface area contributed by atoms with Gasteiger partial charge in [-0.15, -0.1) is 0 Å². The lowest BCUT2D eigenvalue weighted by Gasteiger charge is -2.29. The van der Waals surface area contributed by atoms with Crippen LogP contribution in [-0.4, -0.2) is 21.6 Å². The second-order valence-electron chi connectivity index (χ2n) is 5.56. The van der Waals surface area contributed by atoms with Crippen molar-refractivity contribution in [2.45, 2.75) is 4.90 Å². The van der Waals surface area contributed by atoms with Crippen molar-refractivity contribution in [2.75, 3.05) is 16.7 Å². The van der Waals surface area contributed by atoms with Crippen LogP contribution in [0.2, 0.25) is 0 Å². The molecule has 3 aromatic rings. The lowest BCUT2D eigenvalue weighted by molar-refractivity contribution is 0.259. The van der Waals surface area contributed by atoms with Crippen molar-refractivity contribution < 1.29 is 17.9 Å². The van der Waals surface area contributed by atoms with E-state index in [9.17, 15) is 13.2 Å². The Morgan fingerprint density at radius 1 is 1.00 bits per heavy atom. The van der Waals surface area contributed by atoms with Gasteiger partial charge in [0.05, 0.1) is 18.5 Å². The molecule has 25 heavy (non-hydrogen) atoms. The zero-order valence-electron chi connectivity index (χ0n) is 13.3. The van der Waals surface area contributed by atoms with E-state index >= 15 is 0 Å². The minimum atomic E-state index is -4.04. The van der Waals surface area contributed by atoms with Crippen molar-refractivity contribution in [1.29, 1.82) is 0 Å². The minimum Gasteiger partial charge on any atom is -0.497 e. The summed E-state index contributed by atoms with van der Waals surface area (Å²) in [7, 11) is -2.56. The van der Waals surface area contributed by atoms with E-state index in [4.69, 9.17) is 4.74 Å². The number of nitrogens with one attached hydrogen (secondary N) is 1. The van der Waals surface area contributed by atoms with Crippen LogP contribution in [-0.2, 0) is 10.0 Å². The molecule has 1 aliphatic heterocycles. The van der Waals surface area contributed by atoms with Gasteiger partial charge in [-0.1, -0.05) is 36.4 Å². The summed E-state index contributed by atoms with van der Waals surface area (Å²) in [6.45, 7) is 0. The predicted octanol–water partition coefficient (Wildman–Crippen LogP) is 3.59. The second-order valence-corrected chi connectivity index (χ2v) is 7.32. The number of hydrogen-bond donors (Lipinski definition) is 1. The van der Waals surface area contributed by atoms with E-state index in [0.717, 1.165) is 9.69 Å². The van der Waals surface area contributed by atoms with Gasteiger partial charge in [-0.05, 0) is 23.6 Å². The number of carbonyl (C=O) groups is 1. The van der Waals surface area contributed by atoms with Gasteiger partial charge < -0.3 is 10.1 Å². The zero-order valence-corrected chi connectivity index (χ0v) is 14.1. The molecule has 3 aromatic carbocycles. The lowest BCUT2D eigenvalue weighted by atomic mass is 10.1. The summed E-state index contributed by atoms with van der Waals surface area (Å²) in [6, 6.07) is 16.3. The van der Waals surface area contributed by atoms with Crippen LogP contribution in [0.3, 0.4) is 0 Å². The van der Waals surface area contributed by atoms with E-state index < -0.39 is 16.1 Å². The topological polar surface area (TPSA) is 75.7 Å². The van der Waals surface area contributed by atoms with Gasteiger partial charge in [-0.25, -0.2) is 13.2 Å². The number of nitrogens with zero attached hydrogens (tertiary/aromatic N) is 1. The monoisotopic (exact) mass is 354 g/mol. The van der Waals surface area contributed by atoms with E-state index in [1.54, 1.807) is 30.3 Å².